The van der Waals surface area contributed by atoms with Gasteiger partial charge in [-0.15, -0.1) is 0 Å². The van der Waals surface area contributed by atoms with Gasteiger partial charge in [0.15, 0.2) is 6.61 Å². The van der Waals surface area contributed by atoms with E-state index in [-0.39, 0.29) is 12.4 Å². The van der Waals surface area contributed by atoms with Crippen LogP contribution in [0.25, 0.3) is 0 Å². The molecule has 5 nitrogen and oxygen atoms in total. The first kappa shape index (κ1) is 23.8. The summed E-state index contributed by atoms with van der Waals surface area (Å²) < 4.78 is 7.81. The largest absolute Gasteiger partial charge is 0.507 e. The van der Waals surface area contributed by atoms with Gasteiger partial charge in [-0.2, -0.15) is 5.10 Å². The van der Waals surface area contributed by atoms with Gasteiger partial charge in [-0.1, -0.05) is 51.8 Å². The fourth-order valence-corrected chi connectivity index (χ4v) is 5.38. The fraction of sp³-hybridized carbons (Fsp3) is 0.0909. The number of halogens is 4. The number of hydrazone groups is 1. The van der Waals surface area contributed by atoms with Crippen LogP contribution in [0.5, 0.6) is 11.5 Å². The van der Waals surface area contributed by atoms with Crippen LogP contribution in [0.4, 0.5) is 0 Å². The maximum absolute atomic E-state index is 12.1. The minimum absolute atomic E-state index is 0.0554. The van der Waals surface area contributed by atoms with Crippen LogP contribution in [-0.2, 0) is 11.2 Å². The number of rotatable bonds is 7. The second kappa shape index (κ2) is 11.1. The molecule has 0 fully saturated rings. The first-order chi connectivity index (χ1) is 14.8. The zero-order valence-corrected chi connectivity index (χ0v) is 21.4. The molecule has 0 bridgehead atoms. The van der Waals surface area contributed by atoms with Crippen LogP contribution in [-0.4, -0.2) is 23.8 Å². The lowest BCUT2D eigenvalue weighted by Gasteiger charge is -2.10. The molecular weight excluding hydrogens is 615 g/mol. The highest BCUT2D eigenvalue weighted by Gasteiger charge is 2.10. The van der Waals surface area contributed by atoms with Crippen molar-refractivity contribution in [3.05, 3.63) is 89.7 Å². The molecule has 3 aromatic carbocycles. The van der Waals surface area contributed by atoms with Crippen molar-refractivity contribution in [3.8, 4) is 11.5 Å². The Balaban J connectivity index is 1.60. The van der Waals surface area contributed by atoms with E-state index < -0.39 is 5.91 Å². The van der Waals surface area contributed by atoms with Gasteiger partial charge in [-0.05, 0) is 79.7 Å². The lowest BCUT2D eigenvalue weighted by Crippen LogP contribution is -2.24. The van der Waals surface area contributed by atoms with Gasteiger partial charge in [0.1, 0.15) is 11.5 Å². The Kier molecular flexibility index (Phi) is 8.54. The average Bonchev–Trinajstić information content (AvgIpc) is 2.71. The summed E-state index contributed by atoms with van der Waals surface area (Å²) in [5.74, 6) is 0.122. The molecule has 3 aromatic rings. The molecule has 0 aromatic heterocycles. The highest BCUT2D eigenvalue weighted by Crippen LogP contribution is 2.36. The number of hydrogen-bond acceptors (Lipinski definition) is 4. The molecule has 1 amide bonds. The quantitative estimate of drug-likeness (QED) is 0.233. The molecule has 0 saturated carbocycles. The number of ether oxygens (including phenoxy) is 1. The van der Waals surface area contributed by atoms with Gasteiger partial charge in [0.05, 0.1) is 15.2 Å². The van der Waals surface area contributed by atoms with Crippen LogP contribution in [0, 0.1) is 0 Å². The summed E-state index contributed by atoms with van der Waals surface area (Å²) >= 11 is 16.4. The van der Waals surface area contributed by atoms with Crippen LogP contribution >= 0.6 is 59.4 Å². The van der Waals surface area contributed by atoms with Crippen molar-refractivity contribution in [2.75, 3.05) is 6.61 Å². The van der Waals surface area contributed by atoms with Crippen LogP contribution in [0.3, 0.4) is 0 Å². The third-order valence-electron chi connectivity index (χ3n) is 4.15. The predicted molar refractivity (Wildman–Crippen MR) is 133 cm³/mol. The van der Waals surface area contributed by atoms with Gasteiger partial charge in [0.2, 0.25) is 0 Å². The van der Waals surface area contributed by atoms with Gasteiger partial charge in [0.25, 0.3) is 5.91 Å². The van der Waals surface area contributed by atoms with E-state index >= 15 is 0 Å². The molecule has 9 heteroatoms. The molecule has 0 unspecified atom stereocenters. The van der Waals surface area contributed by atoms with Gasteiger partial charge < -0.3 is 9.84 Å². The van der Waals surface area contributed by atoms with E-state index in [0.29, 0.717) is 31.7 Å². The summed E-state index contributed by atoms with van der Waals surface area (Å²) in [7, 11) is 0. The smallest absolute Gasteiger partial charge is 0.277 e. The summed E-state index contributed by atoms with van der Waals surface area (Å²) in [6.07, 6.45) is 1.99. The van der Waals surface area contributed by atoms with Crippen molar-refractivity contribution in [1.29, 1.82) is 0 Å². The number of nitrogens with zero attached hydrogens (tertiary/aromatic N) is 1. The summed E-state index contributed by atoms with van der Waals surface area (Å²) in [5, 5.41) is 14.7. The van der Waals surface area contributed by atoms with E-state index in [0.717, 1.165) is 15.6 Å². The number of carbonyl (C=O) groups excluding carboxylic acids is 1. The number of aromatic hydroxyl groups is 1. The Morgan fingerprint density at radius 2 is 1.81 bits per heavy atom. The molecule has 3 rings (SSSR count). The number of nitrogens with one attached hydrogen (secondary N) is 1. The fourth-order valence-electron chi connectivity index (χ4n) is 2.69. The molecule has 0 aliphatic carbocycles. The third kappa shape index (κ3) is 6.80. The van der Waals surface area contributed by atoms with E-state index in [2.05, 4.69) is 58.3 Å². The number of hydrogen-bond donors (Lipinski definition) is 2. The van der Waals surface area contributed by atoms with Crippen LogP contribution in [0.1, 0.15) is 16.7 Å². The van der Waals surface area contributed by atoms with Crippen molar-refractivity contribution in [2.45, 2.75) is 6.42 Å². The van der Waals surface area contributed by atoms with Crippen molar-refractivity contribution < 1.29 is 14.6 Å². The first-order valence-corrected chi connectivity index (χ1v) is 11.7. The Hall–Kier alpha value is -1.87. The SMILES string of the molecule is O=C(COc1c(Br)cc(Br)cc1Br)N/N=C/c1cc(Cc2ccccc2Cl)ccc1O. The molecule has 0 saturated heterocycles. The Bertz CT molecular complexity index is 1120. The molecular formula is C22H16Br3ClN2O3. The predicted octanol–water partition coefficient (Wildman–Crippen LogP) is 6.45. The van der Waals surface area contributed by atoms with Crippen molar-refractivity contribution in [2.24, 2.45) is 5.10 Å². The summed E-state index contributed by atoms with van der Waals surface area (Å²) in [6.45, 7) is -0.227. The second-order valence-electron chi connectivity index (χ2n) is 6.44. The maximum atomic E-state index is 12.1. The van der Waals surface area contributed by atoms with E-state index in [1.54, 1.807) is 12.1 Å². The zero-order valence-electron chi connectivity index (χ0n) is 15.9. The Labute approximate surface area is 209 Å². The van der Waals surface area contributed by atoms with Gasteiger partial charge in [-0.3, -0.25) is 4.79 Å². The lowest BCUT2D eigenvalue weighted by atomic mass is 10.0. The Morgan fingerprint density at radius 1 is 1.10 bits per heavy atom. The van der Waals surface area contributed by atoms with Crippen molar-refractivity contribution >= 4 is 71.5 Å². The van der Waals surface area contributed by atoms with Crippen LogP contribution in [0.15, 0.2) is 73.1 Å². The summed E-state index contributed by atoms with van der Waals surface area (Å²) in [4.78, 5) is 12.1. The van der Waals surface area contributed by atoms with E-state index in [1.165, 1.54) is 6.21 Å². The third-order valence-corrected chi connectivity index (χ3v) is 6.15. The van der Waals surface area contributed by atoms with E-state index in [9.17, 15) is 9.90 Å². The minimum atomic E-state index is -0.440. The normalized spacial score (nSPS) is 11.0. The van der Waals surface area contributed by atoms with Crippen LogP contribution in [0.2, 0.25) is 5.02 Å². The van der Waals surface area contributed by atoms with Crippen molar-refractivity contribution in [3.63, 3.8) is 0 Å². The highest BCUT2D eigenvalue weighted by molar-refractivity contribution is 9.11. The summed E-state index contributed by atoms with van der Waals surface area (Å²) in [6, 6.07) is 16.4. The van der Waals surface area contributed by atoms with Crippen molar-refractivity contribution in [1.82, 2.24) is 5.43 Å². The molecule has 160 valence electrons. The first-order valence-electron chi connectivity index (χ1n) is 8.98. The standard InChI is InChI=1S/C22H16Br3ClN2O3/c23-16-9-17(24)22(18(25)10-16)31-12-21(30)28-27-11-15-8-13(5-6-20(15)29)7-14-3-1-2-4-19(14)26/h1-6,8-11,29H,7,12H2,(H,28,30)/b27-11+. The zero-order chi connectivity index (χ0) is 22.4. The van der Waals surface area contributed by atoms with Gasteiger partial charge >= 0.3 is 0 Å². The molecule has 0 radical (unpaired) electrons. The van der Waals surface area contributed by atoms with E-state index in [4.69, 9.17) is 16.3 Å². The molecule has 0 spiro atoms. The molecule has 31 heavy (non-hydrogen) atoms. The summed E-state index contributed by atoms with van der Waals surface area (Å²) in [5.41, 5.74) is 4.80. The number of amides is 1. The average molecular weight is 632 g/mol. The lowest BCUT2D eigenvalue weighted by molar-refractivity contribution is -0.123. The van der Waals surface area contributed by atoms with E-state index in [1.807, 2.05) is 42.5 Å². The molecule has 0 aliphatic rings. The minimum Gasteiger partial charge on any atom is -0.507 e. The molecule has 0 heterocycles. The monoisotopic (exact) mass is 628 g/mol. The second-order valence-corrected chi connectivity index (χ2v) is 9.47. The molecule has 0 aliphatic heterocycles. The molecule has 2 N–H and O–H groups in total. The van der Waals surface area contributed by atoms with Gasteiger partial charge in [0, 0.05) is 15.1 Å². The Morgan fingerprint density at radius 3 is 2.52 bits per heavy atom. The molecule has 0 atom stereocenters. The number of phenolic OH excluding ortho intramolecular Hbond substituents is 1. The van der Waals surface area contributed by atoms with Gasteiger partial charge in [-0.25, -0.2) is 5.43 Å². The highest BCUT2D eigenvalue weighted by atomic mass is 79.9. The number of phenols is 1. The number of carbonyl (C=O) groups is 1. The van der Waals surface area contributed by atoms with Crippen LogP contribution < -0.4 is 10.2 Å². The topological polar surface area (TPSA) is 70.9 Å². The maximum Gasteiger partial charge on any atom is 0.277 e. The number of benzene rings is 3.